The van der Waals surface area contributed by atoms with E-state index in [1.165, 1.54) is 0 Å². The highest BCUT2D eigenvalue weighted by Crippen LogP contribution is 2.59. The highest BCUT2D eigenvalue weighted by atomic mass is 31.2. The lowest BCUT2D eigenvalue weighted by Crippen LogP contribution is -2.45. The van der Waals surface area contributed by atoms with Gasteiger partial charge < -0.3 is 15.3 Å². The molecule has 8 nitrogen and oxygen atoms in total. The Bertz CT molecular complexity index is 932. The first-order valence-corrected chi connectivity index (χ1v) is 12.2. The highest BCUT2D eigenvalue weighted by Gasteiger charge is 2.53. The van der Waals surface area contributed by atoms with Crippen LogP contribution >= 0.6 is 7.87 Å². The monoisotopic (exact) mass is 449 g/mol. The summed E-state index contributed by atoms with van der Waals surface area (Å²) in [5.74, 6) is -0.212. The number of carbonyl (C=O) groups excluding carboxylic acids is 1. The number of hydrogen-bond donors (Lipinski definition) is 3. The number of aliphatic hydroxyl groups is 1. The number of nitrogens with one attached hydrogen (secondary N) is 1. The number of rotatable bonds is 5. The van der Waals surface area contributed by atoms with Gasteiger partial charge in [0.05, 0.1) is 12.6 Å². The first kappa shape index (κ1) is 23.6. The predicted octanol–water partition coefficient (Wildman–Crippen LogP) is 3.83. The highest BCUT2D eigenvalue weighted by molar-refractivity contribution is 7.72. The number of aromatic nitrogens is 1. The maximum Gasteiger partial charge on any atom is 0.452 e. The standard InChI is InChI=1S/C22H33N4O4P/c1-8-30-31(29)19-14(10-9-12-23-19)24-18(25-31)15-16(27)17(22(5,6)7)26(20(15)28)13-11-21(2,3)4/h9-10,12,17,29H,8,11,13H2,1-7H3,(H-,24,25,27,28)/p+1/t17-,31?/m1/s1. The number of aliphatic hydroxyl groups excluding tert-OH is 1. The van der Waals surface area contributed by atoms with Crippen LogP contribution in [0.1, 0.15) is 54.9 Å². The third-order valence-corrected chi connectivity index (χ3v) is 7.32. The van der Waals surface area contributed by atoms with E-state index in [0.29, 0.717) is 17.7 Å². The molecule has 0 saturated heterocycles. The van der Waals surface area contributed by atoms with Crippen LogP contribution < -0.4 is 10.8 Å². The van der Waals surface area contributed by atoms with Gasteiger partial charge in [-0.1, -0.05) is 41.5 Å². The molecule has 0 saturated carbocycles. The molecule has 0 spiro atoms. The van der Waals surface area contributed by atoms with Crippen molar-refractivity contribution >= 4 is 30.7 Å². The molecule has 1 amide bonds. The number of amides is 1. The molecule has 0 radical (unpaired) electrons. The minimum absolute atomic E-state index is 0.0342. The average Bonchev–Trinajstić information content (AvgIpc) is 2.89. The molecule has 3 heterocycles. The zero-order valence-corrected chi connectivity index (χ0v) is 20.3. The minimum Gasteiger partial charge on any atom is -0.509 e. The van der Waals surface area contributed by atoms with Crippen molar-refractivity contribution in [2.45, 2.75) is 60.9 Å². The Morgan fingerprint density at radius 2 is 1.94 bits per heavy atom. The topological polar surface area (TPSA) is 107 Å². The molecule has 3 rings (SSSR count). The molecule has 2 aliphatic heterocycles. The molecule has 31 heavy (non-hydrogen) atoms. The second kappa shape index (κ2) is 8.15. The van der Waals surface area contributed by atoms with E-state index in [4.69, 9.17) is 4.52 Å². The van der Waals surface area contributed by atoms with Crippen molar-refractivity contribution in [2.24, 2.45) is 15.6 Å². The lowest BCUT2D eigenvalue weighted by Gasteiger charge is -2.36. The normalized spacial score (nSPS) is 24.3. The fraction of sp³-hybridized carbons (Fsp3) is 0.591. The van der Waals surface area contributed by atoms with Gasteiger partial charge in [-0.15, -0.1) is 0 Å². The molecular weight excluding hydrogens is 415 g/mol. The van der Waals surface area contributed by atoms with Gasteiger partial charge in [-0.2, -0.15) is 9.42 Å². The van der Waals surface area contributed by atoms with Crippen LogP contribution in [0.4, 0.5) is 5.69 Å². The minimum atomic E-state index is -3.44. The van der Waals surface area contributed by atoms with Crippen molar-refractivity contribution in [2.75, 3.05) is 18.5 Å². The number of nitrogens with zero attached hydrogens (tertiary/aromatic N) is 3. The smallest absolute Gasteiger partial charge is 0.452 e. The van der Waals surface area contributed by atoms with Crippen molar-refractivity contribution in [3.05, 3.63) is 29.7 Å². The Balaban J connectivity index is 2.07. The third-order valence-electron chi connectivity index (χ3n) is 5.32. The number of hydrogen-bond acceptors (Lipinski definition) is 7. The maximum atomic E-state index is 13.5. The van der Waals surface area contributed by atoms with E-state index in [9.17, 15) is 14.8 Å². The molecule has 2 atom stereocenters. The first-order chi connectivity index (χ1) is 14.3. The Hall–Kier alpha value is -2.02. The van der Waals surface area contributed by atoms with E-state index in [1.54, 1.807) is 30.2 Å². The van der Waals surface area contributed by atoms with Crippen LogP contribution in [0.15, 0.2) is 34.4 Å². The van der Waals surface area contributed by atoms with Crippen LogP contribution in [0, 0.1) is 10.8 Å². The fourth-order valence-electron chi connectivity index (χ4n) is 3.89. The summed E-state index contributed by atoms with van der Waals surface area (Å²) in [6.45, 7) is 14.9. The average molecular weight is 450 g/mol. The maximum absolute atomic E-state index is 13.5. The molecule has 9 heteroatoms. The van der Waals surface area contributed by atoms with E-state index in [1.807, 2.05) is 20.8 Å². The number of anilines is 1. The zero-order valence-electron chi connectivity index (χ0n) is 19.4. The van der Waals surface area contributed by atoms with Crippen molar-refractivity contribution in [3.8, 4) is 0 Å². The molecule has 0 fully saturated rings. The van der Waals surface area contributed by atoms with E-state index < -0.39 is 13.9 Å². The van der Waals surface area contributed by atoms with Gasteiger partial charge in [0.2, 0.25) is 0 Å². The summed E-state index contributed by atoms with van der Waals surface area (Å²) in [5.41, 5.74) is 0.571. The summed E-state index contributed by atoms with van der Waals surface area (Å²) in [4.78, 5) is 30.7. The summed E-state index contributed by atoms with van der Waals surface area (Å²) in [6, 6.07) is 2.98. The molecule has 2 aliphatic rings. The number of carbonyl (C=O) groups is 1. The van der Waals surface area contributed by atoms with E-state index in [-0.39, 0.29) is 40.5 Å². The predicted molar refractivity (Wildman–Crippen MR) is 124 cm³/mol. The van der Waals surface area contributed by atoms with Gasteiger partial charge >= 0.3 is 7.87 Å². The summed E-state index contributed by atoms with van der Waals surface area (Å²) >= 11 is 0. The van der Waals surface area contributed by atoms with Gasteiger partial charge in [-0.25, -0.2) is 4.98 Å². The van der Waals surface area contributed by atoms with Gasteiger partial charge in [0.15, 0.2) is 5.84 Å². The molecule has 170 valence electrons. The third kappa shape index (κ3) is 4.61. The Morgan fingerprint density at radius 3 is 2.52 bits per heavy atom. The van der Waals surface area contributed by atoms with Crippen molar-refractivity contribution in [3.63, 3.8) is 0 Å². The van der Waals surface area contributed by atoms with Crippen LogP contribution in [0.25, 0.3) is 0 Å². The number of pyridine rings is 1. The number of amidine groups is 1. The fourth-order valence-corrected chi connectivity index (χ4v) is 5.60. The van der Waals surface area contributed by atoms with Crippen molar-refractivity contribution in [1.29, 1.82) is 0 Å². The first-order valence-electron chi connectivity index (χ1n) is 10.6. The molecular formula is C22H34N4O4P+. The summed E-state index contributed by atoms with van der Waals surface area (Å²) in [7, 11) is -3.44. The van der Waals surface area contributed by atoms with E-state index in [2.05, 4.69) is 35.8 Å². The van der Waals surface area contributed by atoms with Gasteiger partial charge in [-0.05, 0) is 41.1 Å². The van der Waals surface area contributed by atoms with Crippen molar-refractivity contribution in [1.82, 2.24) is 9.88 Å². The van der Waals surface area contributed by atoms with Crippen LogP contribution in [-0.2, 0) is 9.32 Å². The largest absolute Gasteiger partial charge is 0.509 e. The Morgan fingerprint density at radius 1 is 1.26 bits per heavy atom. The van der Waals surface area contributed by atoms with E-state index >= 15 is 0 Å². The van der Waals surface area contributed by atoms with Crippen LogP contribution in [0.3, 0.4) is 0 Å². The zero-order chi connectivity index (χ0) is 23.2. The number of fused-ring (bicyclic) bond motifs is 1. The summed E-state index contributed by atoms with van der Waals surface area (Å²) in [5, 5.41) is 14.3. The van der Waals surface area contributed by atoms with E-state index in [0.717, 1.165) is 6.42 Å². The second-order valence-corrected chi connectivity index (χ2v) is 12.2. The van der Waals surface area contributed by atoms with Gasteiger partial charge in [0, 0.05) is 12.7 Å². The molecule has 1 aromatic heterocycles. The lowest BCUT2D eigenvalue weighted by atomic mass is 9.84. The molecule has 0 aliphatic carbocycles. The van der Waals surface area contributed by atoms with Crippen molar-refractivity contribution < 1.29 is 19.3 Å². The van der Waals surface area contributed by atoms with Gasteiger partial charge in [0.25, 0.3) is 11.3 Å². The summed E-state index contributed by atoms with van der Waals surface area (Å²) in [6.07, 6.45) is 2.35. The van der Waals surface area contributed by atoms with Crippen LogP contribution in [0.2, 0.25) is 0 Å². The van der Waals surface area contributed by atoms with Gasteiger partial charge in [-0.3, -0.25) is 4.79 Å². The Labute approximate surface area is 185 Å². The summed E-state index contributed by atoms with van der Waals surface area (Å²) < 4.78 is 10.0. The molecule has 1 unspecified atom stereocenters. The lowest BCUT2D eigenvalue weighted by molar-refractivity contribution is -0.128. The SMILES string of the molecule is CCO[P+]1(O)N=C(C2=C(O)[C@H](C(C)(C)C)N(CCC(C)(C)C)C2=O)Nc2cccnc21. The molecule has 0 bridgehead atoms. The Kier molecular flexibility index (Phi) is 6.22. The molecule has 0 aromatic carbocycles. The molecule has 1 aromatic rings. The van der Waals surface area contributed by atoms with Crippen LogP contribution in [-0.4, -0.2) is 50.8 Å². The van der Waals surface area contributed by atoms with Crippen LogP contribution in [0.5, 0.6) is 0 Å². The molecule has 3 N–H and O–H groups in total. The van der Waals surface area contributed by atoms with Gasteiger partial charge in [0.1, 0.15) is 17.0 Å². The quantitative estimate of drug-likeness (QED) is 0.590. The second-order valence-electron chi connectivity index (χ2n) is 10.2.